The Morgan fingerprint density at radius 1 is 1.08 bits per heavy atom. The van der Waals surface area contributed by atoms with Gasteiger partial charge >= 0.3 is 5.97 Å². The number of sulfonamides is 1. The molecule has 38 heavy (non-hydrogen) atoms. The van der Waals surface area contributed by atoms with E-state index in [1.165, 1.54) is 30.7 Å². The molecule has 1 aliphatic carbocycles. The highest BCUT2D eigenvalue weighted by Gasteiger charge is 2.34. The number of halogens is 1. The first-order chi connectivity index (χ1) is 17.9. The Labute approximate surface area is 234 Å². The Kier molecular flexibility index (Phi) is 11.6. The minimum atomic E-state index is -3.57. The number of carbonyl (C=O) groups excluding carboxylic acids is 1. The molecule has 1 unspecified atom stereocenters. The van der Waals surface area contributed by atoms with E-state index in [-0.39, 0.29) is 36.4 Å². The molecule has 0 bridgehead atoms. The van der Waals surface area contributed by atoms with Crippen LogP contribution >= 0.6 is 12.4 Å². The average Bonchev–Trinajstić information content (AvgIpc) is 2.90. The lowest BCUT2D eigenvalue weighted by Crippen LogP contribution is -2.53. The largest absolute Gasteiger partial charge is 0.469 e. The van der Waals surface area contributed by atoms with Gasteiger partial charge in [-0.05, 0) is 68.2 Å². The number of nitrogens with zero attached hydrogens (tertiary/aromatic N) is 2. The van der Waals surface area contributed by atoms with Gasteiger partial charge in [0.1, 0.15) is 0 Å². The van der Waals surface area contributed by atoms with Crippen LogP contribution in [0.1, 0.15) is 50.0 Å². The molecule has 2 aromatic carbocycles. The molecule has 2 fully saturated rings. The standard InChI is InChI=1S/C29H41N3O4S.ClH/c1-31(37(34,35)27-14-7-4-8-15-27)22-26(24-12-5-3-6-13-24)17-19-32-18-16-25(29(33)36-2)20-28(32)30-21-23-10-9-11-23;/h3-8,12-15,23,25-26,28,30H,9-11,16-22H2,1-2H3;1H/t25?,26-,28-;/m0./s1. The second kappa shape index (κ2) is 14.4. The maximum absolute atomic E-state index is 13.2. The van der Waals surface area contributed by atoms with Crippen LogP contribution in [0.4, 0.5) is 0 Å². The summed E-state index contributed by atoms with van der Waals surface area (Å²) in [5.74, 6) is 0.585. The molecule has 1 saturated heterocycles. The van der Waals surface area contributed by atoms with E-state index in [1.54, 1.807) is 31.3 Å². The fourth-order valence-electron chi connectivity index (χ4n) is 5.47. The topological polar surface area (TPSA) is 79.0 Å². The normalized spacial score (nSPS) is 21.3. The Morgan fingerprint density at radius 2 is 1.74 bits per heavy atom. The molecule has 4 rings (SSSR count). The lowest BCUT2D eigenvalue weighted by molar-refractivity contribution is -0.148. The molecule has 1 N–H and O–H groups in total. The number of hydrogen-bond donors (Lipinski definition) is 1. The van der Waals surface area contributed by atoms with Crippen LogP contribution in [0.15, 0.2) is 65.6 Å². The number of hydrogen-bond acceptors (Lipinski definition) is 6. The molecule has 2 aliphatic rings. The van der Waals surface area contributed by atoms with Crippen molar-refractivity contribution in [1.29, 1.82) is 0 Å². The Morgan fingerprint density at radius 3 is 2.34 bits per heavy atom. The molecule has 1 saturated carbocycles. The van der Waals surface area contributed by atoms with E-state index >= 15 is 0 Å². The molecule has 2 aromatic rings. The first kappa shape index (κ1) is 30.6. The van der Waals surface area contributed by atoms with E-state index in [9.17, 15) is 13.2 Å². The predicted octanol–water partition coefficient (Wildman–Crippen LogP) is 4.50. The van der Waals surface area contributed by atoms with Gasteiger partial charge in [0.2, 0.25) is 10.0 Å². The molecule has 7 nitrogen and oxygen atoms in total. The second-order valence-electron chi connectivity index (χ2n) is 10.5. The highest BCUT2D eigenvalue weighted by atomic mass is 35.5. The molecule has 0 amide bonds. The van der Waals surface area contributed by atoms with Gasteiger partial charge in [-0.25, -0.2) is 12.7 Å². The third-order valence-corrected chi connectivity index (χ3v) is 9.92. The van der Waals surface area contributed by atoms with E-state index in [2.05, 4.69) is 22.3 Å². The van der Waals surface area contributed by atoms with Crippen LogP contribution in [0.2, 0.25) is 0 Å². The zero-order chi connectivity index (χ0) is 26.3. The van der Waals surface area contributed by atoms with Crippen molar-refractivity contribution >= 4 is 28.4 Å². The first-order valence-electron chi connectivity index (χ1n) is 13.5. The van der Waals surface area contributed by atoms with Crippen molar-refractivity contribution in [3.63, 3.8) is 0 Å². The van der Waals surface area contributed by atoms with E-state index < -0.39 is 10.0 Å². The lowest BCUT2D eigenvalue weighted by atomic mass is 9.85. The van der Waals surface area contributed by atoms with Crippen molar-refractivity contribution in [1.82, 2.24) is 14.5 Å². The van der Waals surface area contributed by atoms with Crippen LogP contribution in [0.25, 0.3) is 0 Å². The summed E-state index contributed by atoms with van der Waals surface area (Å²) in [5.41, 5.74) is 1.14. The molecule has 0 aromatic heterocycles. The van der Waals surface area contributed by atoms with Crippen LogP contribution in [0, 0.1) is 11.8 Å². The van der Waals surface area contributed by atoms with Crippen LogP contribution in [-0.2, 0) is 19.6 Å². The van der Waals surface area contributed by atoms with Crippen LogP contribution in [0.5, 0.6) is 0 Å². The lowest BCUT2D eigenvalue weighted by Gasteiger charge is -2.41. The molecule has 210 valence electrons. The summed E-state index contributed by atoms with van der Waals surface area (Å²) in [6, 6.07) is 18.8. The molecular weight excluding hydrogens is 522 g/mol. The van der Waals surface area contributed by atoms with Crippen molar-refractivity contribution < 1.29 is 17.9 Å². The number of likely N-dealkylation sites (tertiary alicyclic amines) is 1. The third kappa shape index (κ3) is 7.79. The second-order valence-corrected chi connectivity index (χ2v) is 12.5. The number of likely N-dealkylation sites (N-methyl/N-ethyl adjacent to an activating group) is 1. The number of methoxy groups -OCH3 is 1. The Bertz CT molecular complexity index is 1100. The fourth-order valence-corrected chi connectivity index (χ4v) is 6.70. The van der Waals surface area contributed by atoms with Crippen molar-refractivity contribution in [3.05, 3.63) is 66.2 Å². The van der Waals surface area contributed by atoms with Crippen molar-refractivity contribution in [2.24, 2.45) is 11.8 Å². The zero-order valence-electron chi connectivity index (χ0n) is 22.5. The summed E-state index contributed by atoms with van der Waals surface area (Å²) in [4.78, 5) is 15.0. The molecule has 9 heteroatoms. The summed E-state index contributed by atoms with van der Waals surface area (Å²) >= 11 is 0. The van der Waals surface area contributed by atoms with Gasteiger partial charge in [-0.2, -0.15) is 0 Å². The minimum Gasteiger partial charge on any atom is -0.469 e. The Balaban J connectivity index is 0.00000400. The van der Waals surface area contributed by atoms with Gasteiger partial charge in [-0.15, -0.1) is 12.4 Å². The molecule has 3 atom stereocenters. The summed E-state index contributed by atoms with van der Waals surface area (Å²) in [7, 11) is -0.436. The number of piperidine rings is 1. The average molecular weight is 564 g/mol. The van der Waals surface area contributed by atoms with E-state index in [0.717, 1.165) is 50.4 Å². The van der Waals surface area contributed by atoms with Crippen LogP contribution < -0.4 is 5.32 Å². The number of carbonyl (C=O) groups is 1. The van der Waals surface area contributed by atoms with Gasteiger partial charge in [-0.1, -0.05) is 55.0 Å². The molecular formula is C29H42ClN3O4S. The minimum absolute atomic E-state index is 0. The van der Waals surface area contributed by atoms with E-state index in [0.29, 0.717) is 11.4 Å². The number of ether oxygens (including phenoxy) is 1. The number of benzene rings is 2. The molecule has 0 spiro atoms. The van der Waals surface area contributed by atoms with Gasteiger partial charge in [0.25, 0.3) is 0 Å². The fraction of sp³-hybridized carbons (Fsp3) is 0.552. The van der Waals surface area contributed by atoms with Gasteiger partial charge in [0.15, 0.2) is 0 Å². The smallest absolute Gasteiger partial charge is 0.308 e. The monoisotopic (exact) mass is 563 g/mol. The van der Waals surface area contributed by atoms with Gasteiger partial charge in [-0.3, -0.25) is 9.69 Å². The highest BCUT2D eigenvalue weighted by molar-refractivity contribution is 7.89. The predicted molar refractivity (Wildman–Crippen MR) is 153 cm³/mol. The number of esters is 1. The summed E-state index contributed by atoms with van der Waals surface area (Å²) in [5, 5.41) is 3.74. The van der Waals surface area contributed by atoms with Crippen molar-refractivity contribution in [2.75, 3.05) is 40.3 Å². The van der Waals surface area contributed by atoms with Crippen LogP contribution in [0.3, 0.4) is 0 Å². The van der Waals surface area contributed by atoms with Gasteiger partial charge < -0.3 is 10.1 Å². The zero-order valence-corrected chi connectivity index (χ0v) is 24.1. The van der Waals surface area contributed by atoms with Gasteiger partial charge in [0.05, 0.1) is 24.1 Å². The highest BCUT2D eigenvalue weighted by Crippen LogP contribution is 2.29. The van der Waals surface area contributed by atoms with Gasteiger partial charge in [0, 0.05) is 26.7 Å². The SMILES string of the molecule is COC(=O)C1CCN(CC[C@@H](CN(C)S(=O)(=O)c2ccccc2)c2ccccc2)[C@H](NCC2CCC2)C1.Cl. The number of rotatable bonds is 12. The Hall–Kier alpha value is -1.97. The third-order valence-electron chi connectivity index (χ3n) is 8.08. The van der Waals surface area contributed by atoms with E-state index in [1.807, 2.05) is 24.3 Å². The van der Waals surface area contributed by atoms with Crippen LogP contribution in [-0.4, -0.2) is 70.1 Å². The van der Waals surface area contributed by atoms with Crippen molar-refractivity contribution in [2.45, 2.75) is 55.5 Å². The molecule has 1 aliphatic heterocycles. The van der Waals surface area contributed by atoms with E-state index in [4.69, 9.17) is 4.74 Å². The first-order valence-corrected chi connectivity index (χ1v) is 14.9. The van der Waals surface area contributed by atoms with Crippen molar-refractivity contribution in [3.8, 4) is 0 Å². The summed E-state index contributed by atoms with van der Waals surface area (Å²) in [6.07, 6.45) is 6.34. The summed E-state index contributed by atoms with van der Waals surface area (Å²) in [6.45, 7) is 3.03. The maximum Gasteiger partial charge on any atom is 0.308 e. The molecule has 1 heterocycles. The maximum atomic E-state index is 13.2. The summed E-state index contributed by atoms with van der Waals surface area (Å²) < 4.78 is 33.0. The number of nitrogens with one attached hydrogen (secondary N) is 1. The quantitative estimate of drug-likeness (QED) is 0.383. The molecule has 0 radical (unpaired) electrons.